The Hall–Kier alpha value is -1.13. The first-order valence-electron chi connectivity index (χ1n) is 6.54. The van der Waals surface area contributed by atoms with Gasteiger partial charge >= 0.3 is 0 Å². The number of imidazole rings is 1. The molecule has 2 aromatic heterocycles. The molecule has 96 valence electrons. The Morgan fingerprint density at radius 1 is 1.50 bits per heavy atom. The predicted octanol–water partition coefficient (Wildman–Crippen LogP) is 3.28. The number of H-pyrrole nitrogens is 1. The molecular formula is C14H19N3S. The minimum absolute atomic E-state index is 0.302. The summed E-state index contributed by atoms with van der Waals surface area (Å²) in [5.74, 6) is 1.51. The molecule has 0 radical (unpaired) electrons. The molecule has 1 fully saturated rings. The number of aromatic nitrogens is 2. The topological polar surface area (TPSA) is 54.7 Å². The first-order chi connectivity index (χ1) is 8.61. The van der Waals surface area contributed by atoms with Crippen molar-refractivity contribution < 1.29 is 0 Å². The second kappa shape index (κ2) is 4.21. The van der Waals surface area contributed by atoms with E-state index in [9.17, 15) is 0 Å². The van der Waals surface area contributed by atoms with Crippen molar-refractivity contribution in [2.75, 3.05) is 0 Å². The Morgan fingerprint density at radius 3 is 2.89 bits per heavy atom. The lowest BCUT2D eigenvalue weighted by atomic mass is 9.97. The fraction of sp³-hybridized carbons (Fsp3) is 0.500. The fourth-order valence-electron chi connectivity index (χ4n) is 2.31. The van der Waals surface area contributed by atoms with Crippen LogP contribution in [-0.4, -0.2) is 9.97 Å². The summed E-state index contributed by atoms with van der Waals surface area (Å²) in [6.45, 7) is 4.26. The van der Waals surface area contributed by atoms with E-state index in [1.54, 1.807) is 0 Å². The highest BCUT2D eigenvalue weighted by molar-refractivity contribution is 7.15. The lowest BCUT2D eigenvalue weighted by Crippen LogP contribution is -2.36. The summed E-state index contributed by atoms with van der Waals surface area (Å²) in [5, 5.41) is 0. The Morgan fingerprint density at radius 2 is 2.28 bits per heavy atom. The van der Waals surface area contributed by atoms with E-state index in [1.165, 1.54) is 22.6 Å². The van der Waals surface area contributed by atoms with E-state index in [-0.39, 0.29) is 5.54 Å². The zero-order valence-electron chi connectivity index (χ0n) is 10.9. The van der Waals surface area contributed by atoms with Gasteiger partial charge in [-0.2, -0.15) is 0 Å². The molecule has 1 unspecified atom stereocenters. The van der Waals surface area contributed by atoms with Crippen molar-refractivity contribution in [3.63, 3.8) is 0 Å². The van der Waals surface area contributed by atoms with E-state index in [1.807, 2.05) is 17.5 Å². The molecule has 1 atom stereocenters. The van der Waals surface area contributed by atoms with Crippen LogP contribution in [0.5, 0.6) is 0 Å². The molecule has 0 aliphatic heterocycles. The number of nitrogens with zero attached hydrogens (tertiary/aromatic N) is 1. The standard InChI is InChI=1S/C14H19N3S/c1-3-10-6-7-12(18-10)11-8-16-13(17-11)14(2,15)9-4-5-9/h6-9H,3-5,15H2,1-2H3,(H,16,17). The number of aromatic amines is 1. The Balaban J connectivity index is 1.89. The number of rotatable bonds is 4. The number of aryl methyl sites for hydroxylation is 1. The molecule has 0 aromatic carbocycles. The van der Waals surface area contributed by atoms with Crippen LogP contribution < -0.4 is 5.73 Å². The zero-order chi connectivity index (χ0) is 12.8. The number of thiophene rings is 1. The SMILES string of the molecule is CCc1ccc(-c2cnc(C(C)(N)C3CC3)[nH]2)s1. The van der Waals surface area contributed by atoms with Gasteiger partial charge in [0.05, 0.1) is 22.3 Å². The van der Waals surface area contributed by atoms with Gasteiger partial charge in [0.25, 0.3) is 0 Å². The average Bonchev–Trinajstić information content (AvgIpc) is 2.93. The van der Waals surface area contributed by atoms with Gasteiger partial charge in [-0.3, -0.25) is 0 Å². The monoisotopic (exact) mass is 261 g/mol. The summed E-state index contributed by atoms with van der Waals surface area (Å²) in [6.07, 6.45) is 5.44. The molecule has 0 saturated heterocycles. The summed E-state index contributed by atoms with van der Waals surface area (Å²) >= 11 is 1.82. The van der Waals surface area contributed by atoms with Crippen molar-refractivity contribution in [3.05, 3.63) is 29.0 Å². The maximum absolute atomic E-state index is 6.38. The summed E-state index contributed by atoms with van der Waals surface area (Å²) in [5.41, 5.74) is 7.16. The van der Waals surface area contributed by atoms with Crippen LogP contribution in [0.4, 0.5) is 0 Å². The van der Waals surface area contributed by atoms with Crippen molar-refractivity contribution in [1.82, 2.24) is 9.97 Å². The minimum atomic E-state index is -0.302. The van der Waals surface area contributed by atoms with E-state index >= 15 is 0 Å². The van der Waals surface area contributed by atoms with Crippen LogP contribution in [0.1, 0.15) is 37.4 Å². The van der Waals surface area contributed by atoms with Crippen molar-refractivity contribution in [2.24, 2.45) is 11.7 Å². The minimum Gasteiger partial charge on any atom is -0.340 e. The molecular weight excluding hydrogens is 242 g/mol. The summed E-state index contributed by atoms with van der Waals surface area (Å²) in [4.78, 5) is 10.5. The van der Waals surface area contributed by atoms with Crippen molar-refractivity contribution in [2.45, 2.75) is 38.6 Å². The highest BCUT2D eigenvalue weighted by Crippen LogP contribution is 2.43. The second-order valence-electron chi connectivity index (χ2n) is 5.32. The van der Waals surface area contributed by atoms with Crippen molar-refractivity contribution >= 4 is 11.3 Å². The second-order valence-corrected chi connectivity index (χ2v) is 6.49. The smallest absolute Gasteiger partial charge is 0.126 e. The Kier molecular flexibility index (Phi) is 2.79. The van der Waals surface area contributed by atoms with Gasteiger partial charge in [-0.25, -0.2) is 4.98 Å². The first-order valence-corrected chi connectivity index (χ1v) is 7.36. The zero-order valence-corrected chi connectivity index (χ0v) is 11.7. The third-order valence-corrected chi connectivity index (χ3v) is 5.05. The molecule has 1 aliphatic carbocycles. The van der Waals surface area contributed by atoms with Crippen LogP contribution in [0.15, 0.2) is 18.3 Å². The molecule has 18 heavy (non-hydrogen) atoms. The lowest BCUT2D eigenvalue weighted by molar-refractivity contribution is 0.404. The van der Waals surface area contributed by atoms with E-state index in [0.717, 1.165) is 17.9 Å². The number of hydrogen-bond acceptors (Lipinski definition) is 3. The van der Waals surface area contributed by atoms with E-state index in [4.69, 9.17) is 5.73 Å². The number of hydrogen-bond donors (Lipinski definition) is 2. The average molecular weight is 261 g/mol. The molecule has 0 spiro atoms. The summed E-state index contributed by atoms with van der Waals surface area (Å²) < 4.78 is 0. The Bertz CT molecular complexity index is 549. The molecule has 4 heteroatoms. The molecule has 0 amide bonds. The lowest BCUT2D eigenvalue weighted by Gasteiger charge is -2.21. The van der Waals surface area contributed by atoms with E-state index in [2.05, 4.69) is 35.9 Å². The highest BCUT2D eigenvalue weighted by Gasteiger charge is 2.41. The molecule has 2 heterocycles. The molecule has 2 aromatic rings. The van der Waals surface area contributed by atoms with Gasteiger partial charge in [-0.05, 0) is 44.2 Å². The van der Waals surface area contributed by atoms with E-state index in [0.29, 0.717) is 5.92 Å². The van der Waals surface area contributed by atoms with Gasteiger partial charge in [-0.1, -0.05) is 6.92 Å². The van der Waals surface area contributed by atoms with Gasteiger partial charge in [0.2, 0.25) is 0 Å². The van der Waals surface area contributed by atoms with Gasteiger partial charge < -0.3 is 10.7 Å². The maximum Gasteiger partial charge on any atom is 0.126 e. The van der Waals surface area contributed by atoms with Crippen molar-refractivity contribution in [3.8, 4) is 10.6 Å². The molecule has 0 bridgehead atoms. The van der Waals surface area contributed by atoms with Crippen LogP contribution in [0.25, 0.3) is 10.6 Å². The predicted molar refractivity (Wildman–Crippen MR) is 75.5 cm³/mol. The summed E-state index contributed by atoms with van der Waals surface area (Å²) in [6, 6.07) is 4.34. The van der Waals surface area contributed by atoms with Crippen LogP contribution in [-0.2, 0) is 12.0 Å². The van der Waals surface area contributed by atoms with Gasteiger partial charge in [0, 0.05) is 4.88 Å². The normalized spacial score (nSPS) is 18.8. The fourth-order valence-corrected chi connectivity index (χ4v) is 3.22. The molecule has 1 saturated carbocycles. The van der Waals surface area contributed by atoms with Crippen LogP contribution in [0.3, 0.4) is 0 Å². The van der Waals surface area contributed by atoms with Gasteiger partial charge in [-0.15, -0.1) is 11.3 Å². The van der Waals surface area contributed by atoms with Crippen molar-refractivity contribution in [1.29, 1.82) is 0 Å². The first kappa shape index (κ1) is 11.9. The van der Waals surface area contributed by atoms with Crippen LogP contribution in [0, 0.1) is 5.92 Å². The van der Waals surface area contributed by atoms with Crippen LogP contribution >= 0.6 is 11.3 Å². The van der Waals surface area contributed by atoms with Gasteiger partial charge in [0.15, 0.2) is 0 Å². The van der Waals surface area contributed by atoms with E-state index < -0.39 is 0 Å². The number of nitrogens with two attached hydrogens (primary N) is 1. The largest absolute Gasteiger partial charge is 0.340 e. The quantitative estimate of drug-likeness (QED) is 0.887. The van der Waals surface area contributed by atoms with Gasteiger partial charge in [0.1, 0.15) is 5.82 Å². The summed E-state index contributed by atoms with van der Waals surface area (Å²) in [7, 11) is 0. The third-order valence-electron chi connectivity index (χ3n) is 3.79. The van der Waals surface area contributed by atoms with Crippen LogP contribution in [0.2, 0.25) is 0 Å². The molecule has 3 rings (SSSR count). The molecule has 3 N–H and O–H groups in total. The number of nitrogens with one attached hydrogen (secondary N) is 1. The molecule has 3 nitrogen and oxygen atoms in total. The maximum atomic E-state index is 6.38. The Labute approximate surface area is 111 Å². The highest BCUT2D eigenvalue weighted by atomic mass is 32.1. The molecule has 1 aliphatic rings. The third kappa shape index (κ3) is 1.99.